The van der Waals surface area contributed by atoms with Crippen LogP contribution in [-0.4, -0.2) is 27.9 Å². The van der Waals surface area contributed by atoms with Gasteiger partial charge in [0.25, 0.3) is 0 Å². The van der Waals surface area contributed by atoms with Crippen LogP contribution in [0.25, 0.3) is 0 Å². The van der Waals surface area contributed by atoms with E-state index in [-0.39, 0.29) is 17.6 Å². The van der Waals surface area contributed by atoms with Crippen molar-refractivity contribution < 1.29 is 9.53 Å². The summed E-state index contributed by atoms with van der Waals surface area (Å²) in [5.74, 6) is 0. The SMILES string of the molecule is CC(C)(C)OCC(=O)[SiH3]. The highest BCUT2D eigenvalue weighted by Gasteiger charge is 2.09. The summed E-state index contributed by atoms with van der Waals surface area (Å²) in [7, 11) is 0.598. The van der Waals surface area contributed by atoms with E-state index >= 15 is 0 Å². The number of carbonyl (C=O) groups is 1. The first kappa shape index (κ1) is 8.85. The van der Waals surface area contributed by atoms with E-state index in [1.165, 1.54) is 0 Å². The molecule has 0 heterocycles. The van der Waals surface area contributed by atoms with Gasteiger partial charge in [0.05, 0.1) is 22.5 Å². The zero-order valence-corrected chi connectivity index (χ0v) is 8.52. The molecule has 0 aliphatic rings. The van der Waals surface area contributed by atoms with Crippen molar-refractivity contribution in [2.45, 2.75) is 26.4 Å². The fourth-order valence-electron chi connectivity index (χ4n) is 0.318. The lowest BCUT2D eigenvalue weighted by atomic mass is 10.2. The fraction of sp³-hybridized carbons (Fsp3) is 0.833. The van der Waals surface area contributed by atoms with Crippen molar-refractivity contribution in [2.75, 3.05) is 6.61 Å². The van der Waals surface area contributed by atoms with Crippen LogP contribution in [0.3, 0.4) is 0 Å². The second-order valence-electron chi connectivity index (χ2n) is 3.10. The highest BCUT2D eigenvalue weighted by Crippen LogP contribution is 2.04. The number of hydrogen-bond donors (Lipinski definition) is 0. The molecule has 0 unspecified atom stereocenters. The van der Waals surface area contributed by atoms with Gasteiger partial charge in [-0.15, -0.1) is 0 Å². The monoisotopic (exact) mass is 146 g/mol. The van der Waals surface area contributed by atoms with E-state index < -0.39 is 0 Å². The largest absolute Gasteiger partial charge is 0.369 e. The van der Waals surface area contributed by atoms with Crippen molar-refractivity contribution in [1.29, 1.82) is 0 Å². The van der Waals surface area contributed by atoms with Crippen molar-refractivity contribution in [3.8, 4) is 0 Å². The normalized spacial score (nSPS) is 11.9. The van der Waals surface area contributed by atoms with Crippen molar-refractivity contribution >= 4 is 15.6 Å². The number of carbonyl (C=O) groups excluding carboxylic acids is 1. The van der Waals surface area contributed by atoms with Crippen molar-refractivity contribution in [3.05, 3.63) is 0 Å². The molecule has 0 aliphatic carbocycles. The lowest BCUT2D eigenvalue weighted by Gasteiger charge is -2.17. The Bertz CT molecular complexity index is 104. The molecule has 0 atom stereocenters. The molecule has 0 aromatic rings. The lowest BCUT2D eigenvalue weighted by molar-refractivity contribution is -0.120. The Hall–Kier alpha value is -0.153. The zero-order valence-electron chi connectivity index (χ0n) is 6.52. The minimum atomic E-state index is -0.167. The van der Waals surface area contributed by atoms with Crippen LogP contribution in [0, 0.1) is 0 Å². The van der Waals surface area contributed by atoms with Gasteiger partial charge in [-0.3, -0.25) is 0 Å². The average Bonchev–Trinajstić information content (AvgIpc) is 1.59. The summed E-state index contributed by atoms with van der Waals surface area (Å²) in [5.41, 5.74) is -0.167. The van der Waals surface area contributed by atoms with E-state index in [1.54, 1.807) is 0 Å². The molecule has 54 valence electrons. The van der Waals surface area contributed by atoms with Gasteiger partial charge in [-0.2, -0.15) is 0 Å². The van der Waals surface area contributed by atoms with E-state index in [9.17, 15) is 4.79 Å². The second-order valence-corrected chi connectivity index (χ2v) is 4.22. The van der Waals surface area contributed by atoms with Crippen LogP contribution in [0.5, 0.6) is 0 Å². The van der Waals surface area contributed by atoms with Crippen molar-refractivity contribution in [1.82, 2.24) is 0 Å². The van der Waals surface area contributed by atoms with E-state index in [4.69, 9.17) is 4.74 Å². The zero-order chi connectivity index (χ0) is 7.49. The molecule has 9 heavy (non-hydrogen) atoms. The topological polar surface area (TPSA) is 26.3 Å². The van der Waals surface area contributed by atoms with Crippen LogP contribution in [0.1, 0.15) is 20.8 Å². The minimum absolute atomic E-state index is 0.167. The molecule has 3 heteroatoms. The maximum atomic E-state index is 10.4. The number of ether oxygens (including phenoxy) is 1. The summed E-state index contributed by atoms with van der Waals surface area (Å²) in [6.45, 7) is 6.11. The van der Waals surface area contributed by atoms with Crippen LogP contribution < -0.4 is 0 Å². The third-order valence-corrected chi connectivity index (χ3v) is 0.997. The fourth-order valence-corrected chi connectivity index (χ4v) is 0.462. The molecule has 0 amide bonds. The molecular weight excluding hydrogens is 132 g/mol. The summed E-state index contributed by atoms with van der Waals surface area (Å²) in [5, 5.41) is 0.213. The molecule has 0 N–H and O–H groups in total. The molecule has 2 nitrogen and oxygen atoms in total. The van der Waals surface area contributed by atoms with Crippen LogP contribution in [0.2, 0.25) is 0 Å². The average molecular weight is 146 g/mol. The molecule has 0 aromatic heterocycles. The quantitative estimate of drug-likeness (QED) is 0.500. The summed E-state index contributed by atoms with van der Waals surface area (Å²) in [4.78, 5) is 10.4. The van der Waals surface area contributed by atoms with Gasteiger partial charge in [0.1, 0.15) is 5.41 Å². The molecule has 0 bridgehead atoms. The molecule has 0 spiro atoms. The van der Waals surface area contributed by atoms with Gasteiger partial charge in [0.2, 0.25) is 0 Å². The van der Waals surface area contributed by atoms with E-state index in [0.717, 1.165) is 0 Å². The molecular formula is C6H14O2Si. The van der Waals surface area contributed by atoms with Gasteiger partial charge >= 0.3 is 0 Å². The Morgan fingerprint density at radius 2 is 2.00 bits per heavy atom. The third-order valence-electron chi connectivity index (χ3n) is 0.708. The van der Waals surface area contributed by atoms with Crippen molar-refractivity contribution in [2.24, 2.45) is 0 Å². The summed E-state index contributed by atoms with van der Waals surface area (Å²) in [6, 6.07) is 0. The maximum absolute atomic E-state index is 10.4. The number of rotatable bonds is 2. The Morgan fingerprint density at radius 1 is 1.56 bits per heavy atom. The third kappa shape index (κ3) is 7.85. The summed E-state index contributed by atoms with van der Waals surface area (Å²) < 4.78 is 5.18. The van der Waals surface area contributed by atoms with Gasteiger partial charge in [0.15, 0.2) is 0 Å². The molecule has 0 saturated heterocycles. The second kappa shape index (κ2) is 3.13. The number of hydrogen-bond acceptors (Lipinski definition) is 2. The molecule has 0 fully saturated rings. The highest BCUT2D eigenvalue weighted by molar-refractivity contribution is 6.58. The van der Waals surface area contributed by atoms with E-state index in [2.05, 4.69) is 0 Å². The van der Waals surface area contributed by atoms with Gasteiger partial charge in [-0.25, -0.2) is 0 Å². The first-order valence-corrected chi connectivity index (χ1v) is 4.05. The lowest BCUT2D eigenvalue weighted by Crippen LogP contribution is -2.23. The smallest absolute Gasteiger partial charge is 0.125 e. The van der Waals surface area contributed by atoms with Crippen LogP contribution in [-0.2, 0) is 9.53 Å². The van der Waals surface area contributed by atoms with Crippen LogP contribution in [0.4, 0.5) is 0 Å². The standard InChI is InChI=1S/C6H14O2Si/c1-6(2,3)8-4-5(7)9/h4H2,1-3,9H3. The van der Waals surface area contributed by atoms with Crippen LogP contribution in [0.15, 0.2) is 0 Å². The van der Waals surface area contributed by atoms with Gasteiger partial charge < -0.3 is 9.53 Å². The highest BCUT2D eigenvalue weighted by atomic mass is 28.1. The Morgan fingerprint density at radius 3 is 2.11 bits per heavy atom. The van der Waals surface area contributed by atoms with Gasteiger partial charge in [-0.1, -0.05) is 0 Å². The molecule has 0 aliphatic heterocycles. The summed E-state index contributed by atoms with van der Waals surface area (Å²) >= 11 is 0. The maximum Gasteiger partial charge on any atom is 0.125 e. The van der Waals surface area contributed by atoms with E-state index in [0.29, 0.717) is 10.2 Å². The minimum Gasteiger partial charge on any atom is -0.369 e. The van der Waals surface area contributed by atoms with Gasteiger partial charge in [0, 0.05) is 0 Å². The molecule has 0 saturated carbocycles. The first-order chi connectivity index (χ1) is 3.92. The first-order valence-electron chi connectivity index (χ1n) is 3.05. The Kier molecular flexibility index (Phi) is 3.07. The Balaban J connectivity index is 3.39. The predicted octanol–water partition coefficient (Wildman–Crippen LogP) is -0.307. The predicted molar refractivity (Wildman–Crippen MR) is 40.7 cm³/mol. The Labute approximate surface area is 59.0 Å². The van der Waals surface area contributed by atoms with Crippen molar-refractivity contribution in [3.63, 3.8) is 0 Å². The van der Waals surface area contributed by atoms with E-state index in [1.807, 2.05) is 20.8 Å². The van der Waals surface area contributed by atoms with Crippen LogP contribution >= 0.6 is 0 Å². The molecule has 0 radical (unpaired) electrons. The summed E-state index contributed by atoms with van der Waals surface area (Å²) in [6.07, 6.45) is 0. The van der Waals surface area contributed by atoms with Gasteiger partial charge in [-0.05, 0) is 20.8 Å². The molecule has 0 aromatic carbocycles. The molecule has 0 rings (SSSR count).